The summed E-state index contributed by atoms with van der Waals surface area (Å²) < 4.78 is 32.8. The molecule has 0 aliphatic carbocycles. The number of carbonyl (C=O) groups excluding carboxylic acids is 4. The van der Waals surface area contributed by atoms with Crippen LogP contribution in [-0.2, 0) is 20.8 Å². The molecule has 2 aromatic heterocycles. The number of benzene rings is 2. The summed E-state index contributed by atoms with van der Waals surface area (Å²) in [6.45, 7) is 2.89. The van der Waals surface area contributed by atoms with Crippen molar-refractivity contribution in [3.8, 4) is 11.5 Å². The highest BCUT2D eigenvalue weighted by Crippen LogP contribution is 2.18. The highest BCUT2D eigenvalue weighted by Gasteiger charge is 2.28. The third kappa shape index (κ3) is 8.31. The second-order valence-electron chi connectivity index (χ2n) is 9.83. The molecule has 0 saturated carbocycles. The van der Waals surface area contributed by atoms with Crippen molar-refractivity contribution in [2.75, 3.05) is 11.9 Å². The summed E-state index contributed by atoms with van der Waals surface area (Å²) in [4.78, 5) is 62.3. The topological polar surface area (TPSA) is 171 Å². The number of hydrogen-bond acceptors (Lipinski definition) is 7. The number of amides is 4. The number of oxazole rings is 1. The van der Waals surface area contributed by atoms with E-state index in [1.165, 1.54) is 18.8 Å². The zero-order valence-electron chi connectivity index (χ0n) is 23.2. The standard InChI is InChI=1S/C29H29F2N7O5/c1-16(2)25(38-27(41)23-14-43-29(37-23)17-6-4-3-5-7-17)28(42)33-13-24(39)35-22(11-19-12-32-15-34-19)26(40)36-21-9-8-18(30)10-20(21)31/h3-10,12,14-16,22,25H,11,13H2,1-2H3,(H,32,34)(H,33,42)(H,35,39)(H,36,40)(H,38,41)/t22-,25-/m0/s1. The van der Waals surface area contributed by atoms with Crippen LogP contribution in [0.3, 0.4) is 0 Å². The van der Waals surface area contributed by atoms with Crippen LogP contribution in [0.5, 0.6) is 0 Å². The third-order valence-corrected chi connectivity index (χ3v) is 6.24. The Labute approximate surface area is 244 Å². The van der Waals surface area contributed by atoms with Crippen molar-refractivity contribution in [2.45, 2.75) is 32.4 Å². The van der Waals surface area contributed by atoms with Gasteiger partial charge in [0.2, 0.25) is 23.6 Å². The van der Waals surface area contributed by atoms with E-state index in [1.54, 1.807) is 38.1 Å². The van der Waals surface area contributed by atoms with E-state index in [2.05, 4.69) is 36.2 Å². The predicted molar refractivity (Wildman–Crippen MR) is 150 cm³/mol. The van der Waals surface area contributed by atoms with Gasteiger partial charge in [0.1, 0.15) is 30.0 Å². The van der Waals surface area contributed by atoms with Crippen LogP contribution in [0.2, 0.25) is 0 Å². The van der Waals surface area contributed by atoms with E-state index in [0.717, 1.165) is 12.1 Å². The van der Waals surface area contributed by atoms with E-state index in [1.807, 2.05) is 6.07 Å². The fraction of sp³-hybridized carbons (Fsp3) is 0.241. The molecule has 0 radical (unpaired) electrons. The number of anilines is 1. The van der Waals surface area contributed by atoms with Gasteiger partial charge in [0.25, 0.3) is 5.91 Å². The molecule has 5 N–H and O–H groups in total. The first kappa shape index (κ1) is 30.6. The number of carbonyl (C=O) groups is 4. The summed E-state index contributed by atoms with van der Waals surface area (Å²) in [5, 5.41) is 9.88. The summed E-state index contributed by atoms with van der Waals surface area (Å²) in [5.41, 5.74) is 0.866. The molecule has 0 aliphatic rings. The number of nitrogens with zero attached hydrogens (tertiary/aromatic N) is 2. The molecule has 0 fully saturated rings. The maximum absolute atomic E-state index is 14.1. The number of hydrogen-bond donors (Lipinski definition) is 5. The van der Waals surface area contributed by atoms with Crippen molar-refractivity contribution in [3.63, 3.8) is 0 Å². The molecule has 0 bridgehead atoms. The van der Waals surface area contributed by atoms with E-state index in [0.29, 0.717) is 17.3 Å². The number of halogens is 2. The Hall–Kier alpha value is -5.40. The number of H-pyrrole nitrogens is 1. The molecule has 4 amide bonds. The minimum atomic E-state index is -1.21. The molecule has 0 aliphatic heterocycles. The summed E-state index contributed by atoms with van der Waals surface area (Å²) in [6.07, 6.45) is 3.97. The quantitative estimate of drug-likeness (QED) is 0.168. The average molecular weight is 594 g/mol. The number of imidazole rings is 1. The van der Waals surface area contributed by atoms with Gasteiger partial charge in [-0.05, 0) is 30.2 Å². The molecule has 4 aromatic rings. The lowest BCUT2D eigenvalue weighted by molar-refractivity contribution is -0.129. The summed E-state index contributed by atoms with van der Waals surface area (Å²) >= 11 is 0. The fourth-order valence-corrected chi connectivity index (χ4v) is 4.00. The van der Waals surface area contributed by atoms with Crippen LogP contribution in [0.1, 0.15) is 30.0 Å². The molecule has 2 atom stereocenters. The summed E-state index contributed by atoms with van der Waals surface area (Å²) in [7, 11) is 0. The van der Waals surface area contributed by atoms with Gasteiger partial charge in [0.05, 0.1) is 18.6 Å². The smallest absolute Gasteiger partial charge is 0.273 e. The van der Waals surface area contributed by atoms with Gasteiger partial charge < -0.3 is 30.7 Å². The van der Waals surface area contributed by atoms with Crippen LogP contribution in [0, 0.1) is 17.6 Å². The van der Waals surface area contributed by atoms with Gasteiger partial charge in [-0.2, -0.15) is 0 Å². The van der Waals surface area contributed by atoms with Crippen molar-refractivity contribution in [1.82, 2.24) is 30.9 Å². The number of aromatic amines is 1. The second kappa shape index (κ2) is 14.0. The van der Waals surface area contributed by atoms with Crippen molar-refractivity contribution in [3.05, 3.63) is 90.3 Å². The predicted octanol–water partition coefficient (Wildman–Crippen LogP) is 2.58. The number of nitrogens with one attached hydrogen (secondary N) is 5. The molecule has 2 heterocycles. The van der Waals surface area contributed by atoms with Crippen molar-refractivity contribution >= 4 is 29.3 Å². The number of rotatable bonds is 12. The van der Waals surface area contributed by atoms with E-state index in [4.69, 9.17) is 4.42 Å². The molecule has 14 heteroatoms. The Balaban J connectivity index is 1.36. The van der Waals surface area contributed by atoms with Crippen LogP contribution in [0.4, 0.5) is 14.5 Å². The Bertz CT molecular complexity index is 1580. The van der Waals surface area contributed by atoms with Crippen LogP contribution in [0.25, 0.3) is 11.5 Å². The van der Waals surface area contributed by atoms with Gasteiger partial charge in [-0.3, -0.25) is 19.2 Å². The monoisotopic (exact) mass is 593 g/mol. The lowest BCUT2D eigenvalue weighted by Crippen LogP contribution is -2.53. The van der Waals surface area contributed by atoms with Crippen LogP contribution < -0.4 is 21.3 Å². The lowest BCUT2D eigenvalue weighted by Gasteiger charge is -2.22. The van der Waals surface area contributed by atoms with E-state index in [-0.39, 0.29) is 29.6 Å². The van der Waals surface area contributed by atoms with Gasteiger partial charge in [0.15, 0.2) is 5.69 Å². The van der Waals surface area contributed by atoms with Gasteiger partial charge in [-0.25, -0.2) is 18.7 Å². The van der Waals surface area contributed by atoms with Gasteiger partial charge in [-0.15, -0.1) is 0 Å². The van der Waals surface area contributed by atoms with Crippen molar-refractivity contribution in [1.29, 1.82) is 0 Å². The molecule has 12 nitrogen and oxygen atoms in total. The molecular formula is C29H29F2N7O5. The first-order valence-corrected chi connectivity index (χ1v) is 13.2. The Morgan fingerprint density at radius 2 is 1.77 bits per heavy atom. The molecule has 0 saturated heterocycles. The van der Waals surface area contributed by atoms with Crippen LogP contribution in [-0.4, -0.2) is 57.2 Å². The van der Waals surface area contributed by atoms with Crippen molar-refractivity contribution in [2.24, 2.45) is 5.92 Å². The maximum Gasteiger partial charge on any atom is 0.273 e. The lowest BCUT2D eigenvalue weighted by atomic mass is 10.0. The van der Waals surface area contributed by atoms with Crippen LogP contribution in [0.15, 0.2) is 71.7 Å². The maximum atomic E-state index is 14.1. The normalized spacial score (nSPS) is 12.3. The second-order valence-corrected chi connectivity index (χ2v) is 9.83. The largest absolute Gasteiger partial charge is 0.444 e. The highest BCUT2D eigenvalue weighted by atomic mass is 19.1. The molecule has 43 heavy (non-hydrogen) atoms. The van der Waals surface area contributed by atoms with Gasteiger partial charge in [0, 0.05) is 29.9 Å². The Morgan fingerprint density at radius 1 is 1.00 bits per heavy atom. The minimum absolute atomic E-state index is 0.0275. The molecule has 0 spiro atoms. The minimum Gasteiger partial charge on any atom is -0.444 e. The molecule has 224 valence electrons. The average Bonchev–Trinajstić information content (AvgIpc) is 3.69. The molecule has 2 aromatic carbocycles. The molecular weight excluding hydrogens is 564 g/mol. The third-order valence-electron chi connectivity index (χ3n) is 6.24. The molecule has 4 rings (SSSR count). The molecule has 0 unspecified atom stereocenters. The SMILES string of the molecule is CC(C)[C@H](NC(=O)c1coc(-c2ccccc2)n1)C(=O)NCC(=O)N[C@@H](Cc1cnc[nH]1)C(=O)Nc1ccc(F)cc1F. The fourth-order valence-electron chi connectivity index (χ4n) is 4.00. The summed E-state index contributed by atoms with van der Waals surface area (Å²) in [5.74, 6) is -4.74. The zero-order chi connectivity index (χ0) is 30.9. The summed E-state index contributed by atoms with van der Waals surface area (Å²) in [6, 6.07) is 9.38. The van der Waals surface area contributed by atoms with Gasteiger partial charge in [-0.1, -0.05) is 32.0 Å². The highest BCUT2D eigenvalue weighted by molar-refractivity contribution is 5.99. The van der Waals surface area contributed by atoms with Crippen molar-refractivity contribution < 1.29 is 32.4 Å². The Morgan fingerprint density at radius 3 is 2.44 bits per heavy atom. The van der Waals surface area contributed by atoms with E-state index < -0.39 is 53.9 Å². The first-order valence-electron chi connectivity index (χ1n) is 13.2. The van der Waals surface area contributed by atoms with E-state index >= 15 is 0 Å². The number of aromatic nitrogens is 3. The van der Waals surface area contributed by atoms with Crippen LogP contribution >= 0.6 is 0 Å². The first-order chi connectivity index (χ1) is 20.6. The van der Waals surface area contributed by atoms with E-state index in [9.17, 15) is 28.0 Å². The van der Waals surface area contributed by atoms with Gasteiger partial charge >= 0.3 is 0 Å². The zero-order valence-corrected chi connectivity index (χ0v) is 23.2. The Kier molecular flexibility index (Phi) is 9.93.